The molecule has 0 aromatic carbocycles. The van der Waals surface area contributed by atoms with Gasteiger partial charge in [0.1, 0.15) is 0 Å². The van der Waals surface area contributed by atoms with Crippen LogP contribution in [0.2, 0.25) is 0 Å². The Morgan fingerprint density at radius 3 is 3.00 bits per heavy atom. The molecule has 0 spiro atoms. The average molecular weight is 194 g/mol. The van der Waals surface area contributed by atoms with Gasteiger partial charge in [0.05, 0.1) is 6.10 Å². The third-order valence-corrected chi connectivity index (χ3v) is 2.96. The van der Waals surface area contributed by atoms with Crippen molar-refractivity contribution >= 4 is 0 Å². The Hall–Kier alpha value is -0.800. The fourth-order valence-corrected chi connectivity index (χ4v) is 2.07. The van der Waals surface area contributed by atoms with Gasteiger partial charge in [-0.15, -0.1) is 0 Å². The summed E-state index contributed by atoms with van der Waals surface area (Å²) >= 11 is 0. The predicted octanol–water partition coefficient (Wildman–Crippen LogP) is 1.41. The van der Waals surface area contributed by atoms with E-state index in [1.54, 1.807) is 0 Å². The first-order chi connectivity index (χ1) is 6.86. The van der Waals surface area contributed by atoms with Crippen LogP contribution in [0.5, 0.6) is 0 Å². The highest BCUT2D eigenvalue weighted by Crippen LogP contribution is 2.18. The van der Waals surface area contributed by atoms with E-state index < -0.39 is 0 Å². The summed E-state index contributed by atoms with van der Waals surface area (Å²) in [6, 6.07) is 2.35. The Labute approximate surface area is 84.5 Å². The molecule has 1 aromatic heterocycles. The van der Waals surface area contributed by atoms with Gasteiger partial charge < -0.3 is 15.4 Å². The molecule has 0 saturated heterocycles. The van der Waals surface area contributed by atoms with Crippen molar-refractivity contribution in [1.29, 1.82) is 0 Å². The summed E-state index contributed by atoms with van der Waals surface area (Å²) in [7, 11) is 0. The molecule has 0 radical (unpaired) electrons. The van der Waals surface area contributed by atoms with Crippen molar-refractivity contribution in [3.63, 3.8) is 0 Å². The highest BCUT2D eigenvalue weighted by Gasteiger charge is 2.21. The van der Waals surface area contributed by atoms with E-state index in [4.69, 9.17) is 0 Å². The van der Waals surface area contributed by atoms with Crippen molar-refractivity contribution < 1.29 is 5.11 Å². The molecule has 1 aliphatic rings. The summed E-state index contributed by atoms with van der Waals surface area (Å²) in [5.74, 6) is 0. The summed E-state index contributed by atoms with van der Waals surface area (Å²) in [5.41, 5.74) is 1.25. The van der Waals surface area contributed by atoms with Gasteiger partial charge in [0, 0.05) is 25.0 Å². The average Bonchev–Trinajstić information content (AvgIpc) is 2.69. The SMILES string of the molecule is O[C@@H]1CCCC[C@@H]1NCc1cc[nH]c1. The molecule has 1 aliphatic carbocycles. The lowest BCUT2D eigenvalue weighted by Crippen LogP contribution is -2.41. The fourth-order valence-electron chi connectivity index (χ4n) is 2.07. The van der Waals surface area contributed by atoms with Gasteiger partial charge in [-0.1, -0.05) is 12.8 Å². The summed E-state index contributed by atoms with van der Waals surface area (Å²) in [4.78, 5) is 3.03. The standard InChI is InChI=1S/C11H18N2O/c14-11-4-2-1-3-10(11)13-8-9-5-6-12-7-9/h5-7,10-14H,1-4,8H2/t10-,11+/m0/s1. The van der Waals surface area contributed by atoms with E-state index in [9.17, 15) is 5.11 Å². The van der Waals surface area contributed by atoms with Gasteiger partial charge in [-0.25, -0.2) is 0 Å². The molecule has 0 amide bonds. The zero-order valence-electron chi connectivity index (χ0n) is 8.37. The van der Waals surface area contributed by atoms with Crippen LogP contribution < -0.4 is 5.32 Å². The van der Waals surface area contributed by atoms with Crippen LogP contribution in [-0.4, -0.2) is 22.2 Å². The molecule has 1 saturated carbocycles. The van der Waals surface area contributed by atoms with Crippen molar-refractivity contribution in [1.82, 2.24) is 10.3 Å². The number of hydrogen-bond donors (Lipinski definition) is 3. The van der Waals surface area contributed by atoms with E-state index in [0.717, 1.165) is 19.4 Å². The third-order valence-electron chi connectivity index (χ3n) is 2.96. The number of aliphatic hydroxyl groups excluding tert-OH is 1. The van der Waals surface area contributed by atoms with E-state index in [-0.39, 0.29) is 6.10 Å². The quantitative estimate of drug-likeness (QED) is 0.681. The molecule has 3 heteroatoms. The Morgan fingerprint density at radius 1 is 1.43 bits per heavy atom. The second-order valence-electron chi connectivity index (χ2n) is 4.06. The zero-order chi connectivity index (χ0) is 9.80. The lowest BCUT2D eigenvalue weighted by Gasteiger charge is -2.28. The molecule has 0 aliphatic heterocycles. The largest absolute Gasteiger partial charge is 0.392 e. The van der Waals surface area contributed by atoms with Gasteiger partial charge in [0.15, 0.2) is 0 Å². The van der Waals surface area contributed by atoms with Gasteiger partial charge in [0.25, 0.3) is 0 Å². The van der Waals surface area contributed by atoms with Gasteiger partial charge in [-0.05, 0) is 24.5 Å². The normalized spacial score (nSPS) is 27.8. The smallest absolute Gasteiger partial charge is 0.0693 e. The number of rotatable bonds is 3. The molecule has 1 fully saturated rings. The first-order valence-corrected chi connectivity index (χ1v) is 5.39. The number of aliphatic hydroxyl groups is 1. The van der Waals surface area contributed by atoms with Crippen molar-refractivity contribution in [3.05, 3.63) is 24.0 Å². The monoisotopic (exact) mass is 194 g/mol. The Morgan fingerprint density at radius 2 is 2.29 bits per heavy atom. The number of nitrogens with one attached hydrogen (secondary N) is 2. The number of H-pyrrole nitrogens is 1. The highest BCUT2D eigenvalue weighted by atomic mass is 16.3. The van der Waals surface area contributed by atoms with E-state index in [1.807, 2.05) is 12.4 Å². The summed E-state index contributed by atoms with van der Waals surface area (Å²) < 4.78 is 0. The number of aromatic amines is 1. The molecule has 14 heavy (non-hydrogen) atoms. The maximum absolute atomic E-state index is 9.73. The van der Waals surface area contributed by atoms with Crippen molar-refractivity contribution in [2.45, 2.75) is 44.4 Å². The Kier molecular flexibility index (Phi) is 3.22. The molecule has 2 rings (SSSR count). The minimum absolute atomic E-state index is 0.150. The zero-order valence-corrected chi connectivity index (χ0v) is 8.37. The van der Waals surface area contributed by atoms with Crippen LogP contribution in [0, 0.1) is 0 Å². The van der Waals surface area contributed by atoms with Crippen molar-refractivity contribution in [3.8, 4) is 0 Å². The lowest BCUT2D eigenvalue weighted by atomic mass is 9.92. The molecule has 0 unspecified atom stereocenters. The molecule has 1 aromatic rings. The minimum atomic E-state index is -0.150. The molecular formula is C11H18N2O. The fraction of sp³-hybridized carbons (Fsp3) is 0.636. The Balaban J connectivity index is 1.79. The maximum Gasteiger partial charge on any atom is 0.0693 e. The molecule has 2 atom stereocenters. The van der Waals surface area contributed by atoms with Gasteiger partial charge >= 0.3 is 0 Å². The molecule has 78 valence electrons. The van der Waals surface area contributed by atoms with Crippen LogP contribution in [0.3, 0.4) is 0 Å². The Bertz CT molecular complexity index is 258. The number of hydrogen-bond acceptors (Lipinski definition) is 2. The molecule has 0 bridgehead atoms. The van der Waals surface area contributed by atoms with Crippen LogP contribution in [0.15, 0.2) is 18.5 Å². The lowest BCUT2D eigenvalue weighted by molar-refractivity contribution is 0.0903. The van der Waals surface area contributed by atoms with E-state index in [2.05, 4.69) is 16.4 Å². The number of aromatic nitrogens is 1. The highest BCUT2D eigenvalue weighted by molar-refractivity contribution is 5.08. The molecule has 1 heterocycles. The minimum Gasteiger partial charge on any atom is -0.392 e. The molecular weight excluding hydrogens is 176 g/mol. The van der Waals surface area contributed by atoms with Crippen LogP contribution in [0.1, 0.15) is 31.2 Å². The molecule has 3 N–H and O–H groups in total. The third kappa shape index (κ3) is 2.36. The summed E-state index contributed by atoms with van der Waals surface area (Å²) in [6.07, 6.45) is 8.22. The summed E-state index contributed by atoms with van der Waals surface area (Å²) in [6.45, 7) is 0.852. The second kappa shape index (κ2) is 4.62. The topological polar surface area (TPSA) is 48.0 Å². The van der Waals surface area contributed by atoms with E-state index in [0.29, 0.717) is 6.04 Å². The van der Waals surface area contributed by atoms with Crippen molar-refractivity contribution in [2.75, 3.05) is 0 Å². The van der Waals surface area contributed by atoms with Gasteiger partial charge in [0.2, 0.25) is 0 Å². The first kappa shape index (κ1) is 9.74. The van der Waals surface area contributed by atoms with Crippen LogP contribution >= 0.6 is 0 Å². The van der Waals surface area contributed by atoms with Gasteiger partial charge in [-0.2, -0.15) is 0 Å². The van der Waals surface area contributed by atoms with Crippen LogP contribution in [-0.2, 0) is 6.54 Å². The molecule has 3 nitrogen and oxygen atoms in total. The maximum atomic E-state index is 9.73. The van der Waals surface area contributed by atoms with Crippen LogP contribution in [0.4, 0.5) is 0 Å². The van der Waals surface area contributed by atoms with Gasteiger partial charge in [-0.3, -0.25) is 0 Å². The van der Waals surface area contributed by atoms with Crippen molar-refractivity contribution in [2.24, 2.45) is 0 Å². The van der Waals surface area contributed by atoms with E-state index in [1.165, 1.54) is 18.4 Å². The first-order valence-electron chi connectivity index (χ1n) is 5.39. The van der Waals surface area contributed by atoms with Crippen LogP contribution in [0.25, 0.3) is 0 Å². The van der Waals surface area contributed by atoms with E-state index >= 15 is 0 Å². The second-order valence-corrected chi connectivity index (χ2v) is 4.06. The predicted molar refractivity (Wildman–Crippen MR) is 55.9 cm³/mol. The summed E-state index contributed by atoms with van der Waals surface area (Å²) in [5, 5.41) is 13.1.